The van der Waals surface area contributed by atoms with Gasteiger partial charge in [0.05, 0.1) is 13.7 Å². The molecule has 0 saturated heterocycles. The Hall–Kier alpha value is -3.02. The number of methoxy groups -OCH3 is 1. The van der Waals surface area contributed by atoms with Crippen LogP contribution >= 0.6 is 0 Å². The van der Waals surface area contributed by atoms with Crippen molar-refractivity contribution in [3.63, 3.8) is 0 Å². The second kappa shape index (κ2) is 8.89. The summed E-state index contributed by atoms with van der Waals surface area (Å²) in [7, 11) is 3.15. The molecule has 2 rings (SSSR count). The highest BCUT2D eigenvalue weighted by Gasteiger charge is 2.15. The monoisotopic (exact) mass is 356 g/mol. The van der Waals surface area contributed by atoms with Gasteiger partial charge in [0.2, 0.25) is 5.91 Å². The molecule has 0 heterocycles. The van der Waals surface area contributed by atoms with Gasteiger partial charge in [0.15, 0.2) is 6.61 Å². The molecule has 1 N–H and O–H groups in total. The average molecular weight is 356 g/mol. The molecule has 6 nitrogen and oxygen atoms in total. The second-order valence-electron chi connectivity index (χ2n) is 6.03. The number of rotatable bonds is 7. The van der Waals surface area contributed by atoms with Crippen LogP contribution in [0.2, 0.25) is 0 Å². The molecule has 0 bridgehead atoms. The van der Waals surface area contributed by atoms with Crippen LogP contribution in [0.4, 0.5) is 5.69 Å². The first-order valence-electron chi connectivity index (χ1n) is 8.27. The number of likely N-dealkylation sites (N-methyl/N-ethyl adjacent to an activating group) is 1. The van der Waals surface area contributed by atoms with Crippen molar-refractivity contribution in [2.45, 2.75) is 13.8 Å². The van der Waals surface area contributed by atoms with E-state index in [1.54, 1.807) is 38.4 Å². The number of hydrogen-bond acceptors (Lipinski definition) is 4. The number of para-hydroxylation sites is 1. The number of benzene rings is 2. The van der Waals surface area contributed by atoms with Crippen molar-refractivity contribution in [3.8, 4) is 11.5 Å². The summed E-state index contributed by atoms with van der Waals surface area (Å²) < 4.78 is 10.5. The van der Waals surface area contributed by atoms with Crippen LogP contribution in [0.5, 0.6) is 11.5 Å². The largest absolute Gasteiger partial charge is 0.497 e. The molecule has 0 saturated carbocycles. The van der Waals surface area contributed by atoms with E-state index in [4.69, 9.17) is 9.47 Å². The summed E-state index contributed by atoms with van der Waals surface area (Å²) >= 11 is 0. The highest BCUT2D eigenvalue weighted by atomic mass is 16.5. The van der Waals surface area contributed by atoms with Gasteiger partial charge in [-0.3, -0.25) is 9.59 Å². The summed E-state index contributed by atoms with van der Waals surface area (Å²) in [5.74, 6) is 0.747. The molecule has 2 amide bonds. The maximum absolute atomic E-state index is 12.2. The van der Waals surface area contributed by atoms with E-state index < -0.39 is 0 Å². The first-order valence-corrected chi connectivity index (χ1v) is 8.27. The molecule has 0 fully saturated rings. The van der Waals surface area contributed by atoms with Gasteiger partial charge in [0.25, 0.3) is 5.91 Å². The maximum atomic E-state index is 12.2. The number of ether oxygens (including phenoxy) is 2. The molecular weight excluding hydrogens is 332 g/mol. The van der Waals surface area contributed by atoms with Gasteiger partial charge in [-0.25, -0.2) is 0 Å². The van der Waals surface area contributed by atoms with Crippen molar-refractivity contribution >= 4 is 17.5 Å². The van der Waals surface area contributed by atoms with Gasteiger partial charge >= 0.3 is 0 Å². The van der Waals surface area contributed by atoms with Crippen LogP contribution in [0.15, 0.2) is 42.5 Å². The lowest BCUT2D eigenvalue weighted by Gasteiger charge is -2.18. The summed E-state index contributed by atoms with van der Waals surface area (Å²) in [6.45, 7) is 3.68. The summed E-state index contributed by atoms with van der Waals surface area (Å²) in [5.41, 5.74) is 2.75. The minimum absolute atomic E-state index is 0.0431. The third kappa shape index (κ3) is 5.24. The van der Waals surface area contributed by atoms with Gasteiger partial charge in [-0.15, -0.1) is 0 Å². The van der Waals surface area contributed by atoms with Gasteiger partial charge < -0.3 is 19.7 Å². The molecule has 138 valence electrons. The molecule has 6 heteroatoms. The number of hydrogen-bond donors (Lipinski definition) is 1. The molecule has 0 aliphatic rings. The van der Waals surface area contributed by atoms with Crippen LogP contribution in [0.1, 0.15) is 11.1 Å². The lowest BCUT2D eigenvalue weighted by atomic mass is 10.1. The zero-order valence-corrected chi connectivity index (χ0v) is 15.5. The number of carbonyl (C=O) groups is 2. The van der Waals surface area contributed by atoms with E-state index in [1.165, 1.54) is 4.90 Å². The summed E-state index contributed by atoms with van der Waals surface area (Å²) in [6.07, 6.45) is 0. The van der Waals surface area contributed by atoms with Crippen molar-refractivity contribution in [2.24, 2.45) is 0 Å². The van der Waals surface area contributed by atoms with Crippen LogP contribution in [-0.2, 0) is 9.59 Å². The van der Waals surface area contributed by atoms with E-state index in [0.29, 0.717) is 11.5 Å². The van der Waals surface area contributed by atoms with Gasteiger partial charge in [-0.2, -0.15) is 0 Å². The highest BCUT2D eigenvalue weighted by Crippen LogP contribution is 2.19. The van der Waals surface area contributed by atoms with Crippen molar-refractivity contribution in [2.75, 3.05) is 32.6 Å². The van der Waals surface area contributed by atoms with Gasteiger partial charge in [-0.05, 0) is 49.2 Å². The molecule has 2 aromatic rings. The van der Waals surface area contributed by atoms with E-state index in [-0.39, 0.29) is 25.0 Å². The summed E-state index contributed by atoms with van der Waals surface area (Å²) in [5, 5.41) is 2.86. The average Bonchev–Trinajstić information content (AvgIpc) is 2.63. The van der Waals surface area contributed by atoms with Crippen LogP contribution in [0.25, 0.3) is 0 Å². The van der Waals surface area contributed by atoms with E-state index in [0.717, 1.165) is 16.8 Å². The third-order valence-corrected chi connectivity index (χ3v) is 3.97. The van der Waals surface area contributed by atoms with Crippen LogP contribution in [0, 0.1) is 13.8 Å². The molecule has 0 spiro atoms. The Balaban J connectivity index is 1.84. The molecule has 0 unspecified atom stereocenters. The van der Waals surface area contributed by atoms with Gasteiger partial charge in [-0.1, -0.05) is 18.2 Å². The lowest BCUT2D eigenvalue weighted by Crippen LogP contribution is -2.37. The minimum atomic E-state index is -0.280. The Labute approximate surface area is 153 Å². The second-order valence-corrected chi connectivity index (χ2v) is 6.03. The number of carbonyl (C=O) groups excluding carboxylic acids is 2. The van der Waals surface area contributed by atoms with Crippen molar-refractivity contribution in [3.05, 3.63) is 53.6 Å². The van der Waals surface area contributed by atoms with Crippen molar-refractivity contribution in [1.82, 2.24) is 4.90 Å². The molecule has 0 aromatic heterocycles. The third-order valence-electron chi connectivity index (χ3n) is 3.97. The van der Waals surface area contributed by atoms with Crippen LogP contribution in [0.3, 0.4) is 0 Å². The first kappa shape index (κ1) is 19.3. The first-order chi connectivity index (χ1) is 12.4. The number of anilines is 1. The van der Waals surface area contributed by atoms with Crippen LogP contribution < -0.4 is 14.8 Å². The molecular formula is C20H24N2O4. The molecule has 26 heavy (non-hydrogen) atoms. The Morgan fingerprint density at radius 3 is 2.15 bits per heavy atom. The summed E-state index contributed by atoms with van der Waals surface area (Å²) in [4.78, 5) is 25.7. The topological polar surface area (TPSA) is 67.9 Å². The molecule has 0 aliphatic carbocycles. The predicted molar refractivity (Wildman–Crippen MR) is 101 cm³/mol. The lowest BCUT2D eigenvalue weighted by molar-refractivity contribution is -0.135. The Kier molecular flexibility index (Phi) is 6.60. The molecule has 0 atom stereocenters. The van der Waals surface area contributed by atoms with E-state index >= 15 is 0 Å². The highest BCUT2D eigenvalue weighted by molar-refractivity contribution is 5.95. The van der Waals surface area contributed by atoms with E-state index in [1.807, 2.05) is 32.0 Å². The van der Waals surface area contributed by atoms with Crippen molar-refractivity contribution in [1.29, 1.82) is 0 Å². The number of nitrogens with zero attached hydrogens (tertiary/aromatic N) is 1. The van der Waals surface area contributed by atoms with E-state index in [9.17, 15) is 9.59 Å². The fourth-order valence-corrected chi connectivity index (χ4v) is 2.42. The predicted octanol–water partition coefficient (Wildman–Crippen LogP) is 2.79. The molecule has 0 radical (unpaired) electrons. The normalized spacial score (nSPS) is 10.2. The number of nitrogens with one attached hydrogen (secondary N) is 1. The smallest absolute Gasteiger partial charge is 0.260 e. The fraction of sp³-hybridized carbons (Fsp3) is 0.300. The maximum Gasteiger partial charge on any atom is 0.260 e. The zero-order valence-electron chi connectivity index (χ0n) is 15.5. The SMILES string of the molecule is COc1ccc(OCC(=O)N(C)CC(=O)Nc2c(C)cccc2C)cc1. The zero-order chi connectivity index (χ0) is 19.1. The molecule has 0 aliphatic heterocycles. The quantitative estimate of drug-likeness (QED) is 0.828. The standard InChI is InChI=1S/C20H24N2O4/c1-14-6-5-7-15(2)20(14)21-18(23)12-22(3)19(24)13-26-17-10-8-16(25-4)9-11-17/h5-11H,12-13H2,1-4H3,(H,21,23). The Morgan fingerprint density at radius 2 is 1.58 bits per heavy atom. The van der Waals surface area contributed by atoms with E-state index in [2.05, 4.69) is 5.32 Å². The number of amides is 2. The Morgan fingerprint density at radius 1 is 1.00 bits per heavy atom. The van der Waals surface area contributed by atoms with Gasteiger partial charge in [0, 0.05) is 12.7 Å². The van der Waals surface area contributed by atoms with Gasteiger partial charge in [0.1, 0.15) is 11.5 Å². The fourth-order valence-electron chi connectivity index (χ4n) is 2.42. The summed E-state index contributed by atoms with van der Waals surface area (Å²) in [6, 6.07) is 12.7. The van der Waals surface area contributed by atoms with Crippen LogP contribution in [-0.4, -0.2) is 44.0 Å². The van der Waals surface area contributed by atoms with Crippen molar-refractivity contribution < 1.29 is 19.1 Å². The minimum Gasteiger partial charge on any atom is -0.497 e. The number of aryl methyl sites for hydroxylation is 2. The molecule has 2 aromatic carbocycles. The Bertz CT molecular complexity index is 752.